The number of hydrogen-bond donors (Lipinski definition) is 1. The molecular formula is C30H47NOSi. The van der Waals surface area contributed by atoms with E-state index in [9.17, 15) is 4.79 Å². The minimum atomic E-state index is -1.32. The zero-order valence-electron chi connectivity index (χ0n) is 21.7. The fourth-order valence-electron chi connectivity index (χ4n) is 4.59. The van der Waals surface area contributed by atoms with E-state index in [4.69, 9.17) is 0 Å². The first kappa shape index (κ1) is 27.4. The lowest BCUT2D eigenvalue weighted by Gasteiger charge is -2.24. The van der Waals surface area contributed by atoms with Crippen LogP contribution in [0.15, 0.2) is 54.6 Å². The van der Waals surface area contributed by atoms with Crippen molar-refractivity contribution in [1.82, 2.24) is 5.32 Å². The Bertz CT molecular complexity index is 802. The molecule has 2 aromatic rings. The predicted molar refractivity (Wildman–Crippen MR) is 147 cm³/mol. The quantitative estimate of drug-likeness (QED) is 0.195. The molecule has 0 heterocycles. The molecule has 0 aliphatic heterocycles. The number of carbonyl (C=O) groups excluding carboxylic acids is 1. The van der Waals surface area contributed by atoms with E-state index in [1.807, 2.05) is 6.07 Å². The van der Waals surface area contributed by atoms with Gasteiger partial charge >= 0.3 is 0 Å². The minimum absolute atomic E-state index is 0.0259. The van der Waals surface area contributed by atoms with Crippen LogP contribution in [0.2, 0.25) is 25.2 Å². The summed E-state index contributed by atoms with van der Waals surface area (Å²) in [5.41, 5.74) is 3.72. The van der Waals surface area contributed by atoms with Crippen molar-refractivity contribution in [3.05, 3.63) is 71.3 Å². The second-order valence-corrected chi connectivity index (χ2v) is 15.9. The number of aryl methyl sites for hydroxylation is 1. The highest BCUT2D eigenvalue weighted by Crippen LogP contribution is 2.23. The van der Waals surface area contributed by atoms with Crippen LogP contribution in [0.4, 0.5) is 0 Å². The summed E-state index contributed by atoms with van der Waals surface area (Å²) < 4.78 is 0. The Hall–Kier alpha value is -1.87. The average molecular weight is 466 g/mol. The fourth-order valence-corrected chi connectivity index (χ4v) is 6.95. The Morgan fingerprint density at radius 2 is 1.52 bits per heavy atom. The third-order valence-corrected chi connectivity index (χ3v) is 10.1. The van der Waals surface area contributed by atoms with E-state index >= 15 is 0 Å². The third kappa shape index (κ3) is 11.7. The van der Waals surface area contributed by atoms with E-state index < -0.39 is 8.07 Å². The maximum Gasteiger partial charge on any atom is 0.220 e. The monoisotopic (exact) mass is 465 g/mol. The van der Waals surface area contributed by atoms with Crippen LogP contribution in [0.1, 0.15) is 87.4 Å². The normalized spacial score (nSPS) is 12.5. The molecule has 2 rings (SSSR count). The Balaban J connectivity index is 1.79. The van der Waals surface area contributed by atoms with Gasteiger partial charge in [0, 0.05) is 14.5 Å². The van der Waals surface area contributed by atoms with Gasteiger partial charge in [0.05, 0.1) is 6.04 Å². The fraction of sp³-hybridized carbons (Fsp3) is 0.567. The first-order valence-corrected chi connectivity index (χ1v) is 16.7. The second-order valence-electron chi connectivity index (χ2n) is 10.6. The van der Waals surface area contributed by atoms with Crippen LogP contribution in [-0.2, 0) is 11.2 Å². The highest BCUT2D eigenvalue weighted by Gasteiger charge is 2.22. The van der Waals surface area contributed by atoms with Gasteiger partial charge < -0.3 is 5.32 Å². The summed E-state index contributed by atoms with van der Waals surface area (Å²) in [4.78, 5) is 12.9. The van der Waals surface area contributed by atoms with Crippen LogP contribution in [0, 0.1) is 6.92 Å². The van der Waals surface area contributed by atoms with Gasteiger partial charge in [-0.25, -0.2) is 0 Å². The standard InChI is InChI=1S/C30H47NOSi/c1-5-6-7-8-9-10-11-15-22-33(3,4)23-21-30(32)31-29(28-19-13-12-14-20-28)25-27-18-16-17-26(2)24-27/h12-14,16-20,24,29H,5-11,15,21-23,25H2,1-4H3,(H,31,32). The molecule has 0 fully saturated rings. The van der Waals surface area contributed by atoms with Crippen LogP contribution in [0.3, 0.4) is 0 Å². The maximum atomic E-state index is 12.9. The molecule has 0 saturated carbocycles. The molecule has 0 aliphatic carbocycles. The van der Waals surface area contributed by atoms with Gasteiger partial charge in [0.2, 0.25) is 5.91 Å². The average Bonchev–Trinajstić information content (AvgIpc) is 2.80. The van der Waals surface area contributed by atoms with Gasteiger partial charge in [0.25, 0.3) is 0 Å². The summed E-state index contributed by atoms with van der Waals surface area (Å²) in [6.45, 7) is 9.32. The van der Waals surface area contributed by atoms with Gasteiger partial charge in [-0.1, -0.05) is 138 Å². The minimum Gasteiger partial charge on any atom is -0.349 e. The Morgan fingerprint density at radius 3 is 2.18 bits per heavy atom. The highest BCUT2D eigenvalue weighted by molar-refractivity contribution is 6.77. The molecular weight excluding hydrogens is 418 g/mol. The molecule has 2 nitrogen and oxygen atoms in total. The SMILES string of the molecule is CCCCCCCCCC[Si](C)(C)CCC(=O)NC(Cc1cccc(C)c1)c1ccccc1. The number of amides is 1. The molecule has 1 amide bonds. The topological polar surface area (TPSA) is 29.1 Å². The number of unbranched alkanes of at least 4 members (excludes halogenated alkanes) is 7. The zero-order valence-corrected chi connectivity index (χ0v) is 22.7. The summed E-state index contributed by atoms with van der Waals surface area (Å²) in [6, 6.07) is 21.5. The number of rotatable bonds is 16. The van der Waals surface area contributed by atoms with E-state index in [2.05, 4.69) is 80.8 Å². The summed E-state index contributed by atoms with van der Waals surface area (Å²) in [7, 11) is -1.32. The molecule has 0 aromatic heterocycles. The Morgan fingerprint density at radius 1 is 0.848 bits per heavy atom. The van der Waals surface area contributed by atoms with E-state index in [1.165, 1.54) is 74.1 Å². The molecule has 0 radical (unpaired) electrons. The third-order valence-electron chi connectivity index (χ3n) is 6.80. The first-order valence-electron chi connectivity index (χ1n) is 13.3. The smallest absolute Gasteiger partial charge is 0.220 e. The van der Waals surface area contributed by atoms with Gasteiger partial charge in [0.1, 0.15) is 0 Å². The maximum absolute atomic E-state index is 12.9. The molecule has 0 aliphatic rings. The molecule has 182 valence electrons. The predicted octanol–water partition coefficient (Wildman–Crippen LogP) is 8.63. The van der Waals surface area contributed by atoms with Crippen LogP contribution in [-0.4, -0.2) is 14.0 Å². The molecule has 1 unspecified atom stereocenters. The number of hydrogen-bond acceptors (Lipinski definition) is 1. The Kier molecular flexibility index (Phi) is 12.5. The lowest BCUT2D eigenvalue weighted by Crippen LogP contribution is -2.33. The van der Waals surface area contributed by atoms with E-state index in [-0.39, 0.29) is 11.9 Å². The van der Waals surface area contributed by atoms with Gasteiger partial charge in [-0.2, -0.15) is 0 Å². The van der Waals surface area contributed by atoms with E-state index in [0.717, 1.165) is 12.5 Å². The first-order chi connectivity index (χ1) is 15.9. The molecule has 33 heavy (non-hydrogen) atoms. The van der Waals surface area contributed by atoms with E-state index in [0.29, 0.717) is 6.42 Å². The van der Waals surface area contributed by atoms with Crippen molar-refractivity contribution < 1.29 is 4.79 Å². The van der Waals surface area contributed by atoms with E-state index in [1.54, 1.807) is 0 Å². The molecule has 1 N–H and O–H groups in total. The lowest BCUT2D eigenvalue weighted by atomic mass is 9.97. The molecule has 1 atom stereocenters. The molecule has 3 heteroatoms. The zero-order chi connectivity index (χ0) is 23.9. The molecule has 0 spiro atoms. The molecule has 2 aromatic carbocycles. The van der Waals surface area contributed by atoms with Crippen molar-refractivity contribution in [3.8, 4) is 0 Å². The van der Waals surface area contributed by atoms with Crippen molar-refractivity contribution >= 4 is 14.0 Å². The van der Waals surface area contributed by atoms with Crippen molar-refractivity contribution in [3.63, 3.8) is 0 Å². The highest BCUT2D eigenvalue weighted by atomic mass is 28.3. The molecule has 0 bridgehead atoms. The van der Waals surface area contributed by atoms with Crippen LogP contribution in [0.25, 0.3) is 0 Å². The van der Waals surface area contributed by atoms with Crippen LogP contribution in [0.5, 0.6) is 0 Å². The number of carbonyl (C=O) groups is 1. The van der Waals surface area contributed by atoms with Crippen molar-refractivity contribution in [2.75, 3.05) is 0 Å². The summed E-state index contributed by atoms with van der Waals surface area (Å²) in [5.74, 6) is 0.202. The summed E-state index contributed by atoms with van der Waals surface area (Å²) >= 11 is 0. The summed E-state index contributed by atoms with van der Waals surface area (Å²) in [5, 5.41) is 3.36. The lowest BCUT2D eigenvalue weighted by molar-refractivity contribution is -0.121. The van der Waals surface area contributed by atoms with Crippen LogP contribution < -0.4 is 5.32 Å². The van der Waals surface area contributed by atoms with Gasteiger partial charge in [-0.05, 0) is 30.5 Å². The van der Waals surface area contributed by atoms with Gasteiger partial charge in [-0.15, -0.1) is 0 Å². The summed E-state index contributed by atoms with van der Waals surface area (Å²) in [6.07, 6.45) is 12.5. The Labute approximate surface area is 204 Å². The molecule has 0 saturated heterocycles. The number of nitrogens with one attached hydrogen (secondary N) is 1. The van der Waals surface area contributed by atoms with Crippen molar-refractivity contribution in [2.45, 2.75) is 109 Å². The van der Waals surface area contributed by atoms with Gasteiger partial charge in [-0.3, -0.25) is 4.79 Å². The van der Waals surface area contributed by atoms with Gasteiger partial charge in [0.15, 0.2) is 0 Å². The van der Waals surface area contributed by atoms with Crippen LogP contribution >= 0.6 is 0 Å². The second kappa shape index (κ2) is 15.1. The van der Waals surface area contributed by atoms with Crippen molar-refractivity contribution in [1.29, 1.82) is 0 Å². The number of benzene rings is 2. The largest absolute Gasteiger partial charge is 0.349 e. The van der Waals surface area contributed by atoms with Crippen molar-refractivity contribution in [2.24, 2.45) is 0 Å².